The van der Waals surface area contributed by atoms with Crippen molar-refractivity contribution in [3.63, 3.8) is 0 Å². The monoisotopic (exact) mass is 492 g/mol. The van der Waals surface area contributed by atoms with E-state index in [0.29, 0.717) is 51.2 Å². The van der Waals surface area contributed by atoms with E-state index in [1.54, 1.807) is 66.1 Å². The average Bonchev–Trinajstić information content (AvgIpc) is 3.18. The Labute approximate surface area is 208 Å². The number of rotatable bonds is 6. The minimum Gasteiger partial charge on any atom is -0.477 e. The van der Waals surface area contributed by atoms with E-state index in [9.17, 15) is 24.2 Å². The number of carboxylic acids is 1. The number of carboxylic acid groups (broad SMARTS) is 1. The lowest BCUT2D eigenvalue weighted by Crippen LogP contribution is -2.20. The first-order chi connectivity index (χ1) is 16.8. The van der Waals surface area contributed by atoms with E-state index in [2.05, 4.69) is 0 Å². The Morgan fingerprint density at radius 1 is 1.08 bits per heavy atom. The zero-order chi connectivity index (χ0) is 26.5. The summed E-state index contributed by atoms with van der Waals surface area (Å²) in [6, 6.07) is 9.50. The van der Waals surface area contributed by atoms with Gasteiger partial charge >= 0.3 is 5.97 Å². The largest absolute Gasteiger partial charge is 0.477 e. The Morgan fingerprint density at radius 2 is 1.72 bits per heavy atom. The van der Waals surface area contributed by atoms with E-state index in [4.69, 9.17) is 4.74 Å². The highest BCUT2D eigenvalue weighted by molar-refractivity contribution is 6.02. The van der Waals surface area contributed by atoms with Crippen LogP contribution in [-0.2, 0) is 19.2 Å². The lowest BCUT2D eigenvalue weighted by molar-refractivity contribution is 0.0685. The molecule has 0 amide bonds. The molecule has 4 rings (SSSR count). The van der Waals surface area contributed by atoms with Crippen molar-refractivity contribution in [3.8, 4) is 22.6 Å². The van der Waals surface area contributed by atoms with Gasteiger partial charge in [-0.2, -0.15) is 0 Å². The van der Waals surface area contributed by atoms with Gasteiger partial charge in [0.25, 0.3) is 5.56 Å². The van der Waals surface area contributed by atoms with Crippen molar-refractivity contribution in [2.24, 2.45) is 7.05 Å². The SMILES string of the molecule is CCn1c(C(=O)O)cc2c(-c3cc(C(C)(C)O)ccc3Oc3c(C)cc(F)cc3C)cn(C)c(=O)c21. The second kappa shape index (κ2) is 8.95. The van der Waals surface area contributed by atoms with Crippen molar-refractivity contribution in [1.82, 2.24) is 9.13 Å². The maximum absolute atomic E-state index is 13.9. The van der Waals surface area contributed by atoms with Crippen LogP contribution < -0.4 is 10.3 Å². The van der Waals surface area contributed by atoms with E-state index >= 15 is 0 Å². The van der Waals surface area contributed by atoms with Gasteiger partial charge in [0.1, 0.15) is 28.5 Å². The summed E-state index contributed by atoms with van der Waals surface area (Å²) in [6.07, 6.45) is 1.64. The van der Waals surface area contributed by atoms with Crippen LogP contribution in [0.3, 0.4) is 0 Å². The van der Waals surface area contributed by atoms with Gasteiger partial charge in [-0.3, -0.25) is 4.79 Å². The van der Waals surface area contributed by atoms with E-state index < -0.39 is 11.6 Å². The predicted octanol–water partition coefficient (Wildman–Crippen LogP) is 5.50. The van der Waals surface area contributed by atoms with Gasteiger partial charge in [0.05, 0.1) is 5.60 Å². The van der Waals surface area contributed by atoms with E-state index in [0.717, 1.165) is 0 Å². The first-order valence-corrected chi connectivity index (χ1v) is 11.6. The molecule has 0 saturated carbocycles. The van der Waals surface area contributed by atoms with Gasteiger partial charge in [-0.05, 0) is 81.6 Å². The van der Waals surface area contributed by atoms with Gasteiger partial charge in [-0.1, -0.05) is 6.07 Å². The smallest absolute Gasteiger partial charge is 0.352 e. The number of halogens is 1. The molecule has 0 radical (unpaired) electrons. The zero-order valence-electron chi connectivity index (χ0n) is 21.1. The molecule has 4 aromatic rings. The summed E-state index contributed by atoms with van der Waals surface area (Å²) >= 11 is 0. The van der Waals surface area contributed by atoms with Gasteiger partial charge in [0.15, 0.2) is 0 Å². The standard InChI is InChI=1S/C28H29FN2O5/c1-7-31-22(27(33)34)13-20-21(14-30(6)26(32)24(20)31)19-12-17(28(4,5)35)8-9-23(19)36-25-15(2)10-18(29)11-16(25)3/h8-14,35H,7H2,1-6H3,(H,33,34). The number of pyridine rings is 1. The number of fused-ring (bicyclic) bond motifs is 1. The fraction of sp³-hybridized carbons (Fsp3) is 0.286. The minimum atomic E-state index is -1.17. The number of nitrogens with zero attached hydrogens (tertiary/aromatic N) is 2. The molecule has 0 bridgehead atoms. The predicted molar refractivity (Wildman–Crippen MR) is 136 cm³/mol. The molecule has 0 aliphatic heterocycles. The van der Waals surface area contributed by atoms with Crippen molar-refractivity contribution in [1.29, 1.82) is 0 Å². The topological polar surface area (TPSA) is 93.7 Å². The summed E-state index contributed by atoms with van der Waals surface area (Å²) in [5.41, 5.74) is 1.73. The van der Waals surface area contributed by atoms with Crippen molar-refractivity contribution in [2.75, 3.05) is 0 Å². The second-order valence-corrected chi connectivity index (χ2v) is 9.54. The number of benzene rings is 2. The van der Waals surface area contributed by atoms with Crippen molar-refractivity contribution in [3.05, 3.63) is 81.2 Å². The number of hydrogen-bond donors (Lipinski definition) is 2. The highest BCUT2D eigenvalue weighted by atomic mass is 19.1. The molecule has 0 saturated heterocycles. The third kappa shape index (κ3) is 4.28. The lowest BCUT2D eigenvalue weighted by atomic mass is 9.93. The Balaban J connectivity index is 2.07. The van der Waals surface area contributed by atoms with Crippen molar-refractivity contribution >= 4 is 16.9 Å². The number of aromatic carboxylic acids is 1. The van der Waals surface area contributed by atoms with Crippen LogP contribution in [0.4, 0.5) is 4.39 Å². The van der Waals surface area contributed by atoms with Crippen molar-refractivity contribution in [2.45, 2.75) is 46.8 Å². The average molecular weight is 493 g/mol. The van der Waals surface area contributed by atoms with Gasteiger partial charge in [0, 0.05) is 36.3 Å². The molecule has 0 atom stereocenters. The molecule has 2 aromatic carbocycles. The minimum absolute atomic E-state index is 0.00313. The van der Waals surface area contributed by atoms with Gasteiger partial charge in [0.2, 0.25) is 0 Å². The lowest BCUT2D eigenvalue weighted by Gasteiger charge is -2.22. The molecule has 8 heteroatoms. The van der Waals surface area contributed by atoms with Crippen LogP contribution in [0.2, 0.25) is 0 Å². The Morgan fingerprint density at radius 3 is 2.28 bits per heavy atom. The molecule has 2 aromatic heterocycles. The van der Waals surface area contributed by atoms with Crippen LogP contribution in [0.25, 0.3) is 22.0 Å². The van der Waals surface area contributed by atoms with Crippen LogP contribution in [-0.4, -0.2) is 25.3 Å². The molecule has 0 unspecified atom stereocenters. The normalized spacial score (nSPS) is 11.8. The third-order valence-corrected chi connectivity index (χ3v) is 6.38. The summed E-state index contributed by atoms with van der Waals surface area (Å²) in [5.74, 6) is -0.592. The van der Waals surface area contributed by atoms with E-state index in [-0.39, 0.29) is 22.6 Å². The van der Waals surface area contributed by atoms with Crippen LogP contribution in [0.5, 0.6) is 11.5 Å². The molecule has 0 aliphatic carbocycles. The van der Waals surface area contributed by atoms with Crippen LogP contribution in [0.1, 0.15) is 48.0 Å². The summed E-state index contributed by atoms with van der Waals surface area (Å²) in [5, 5.41) is 21.0. The van der Waals surface area contributed by atoms with Crippen LogP contribution in [0.15, 0.2) is 47.4 Å². The summed E-state index contributed by atoms with van der Waals surface area (Å²) in [4.78, 5) is 25.1. The number of aryl methyl sites for hydroxylation is 4. The quantitative estimate of drug-likeness (QED) is 0.371. The van der Waals surface area contributed by atoms with Crippen molar-refractivity contribution < 1.29 is 24.1 Å². The third-order valence-electron chi connectivity index (χ3n) is 6.38. The van der Waals surface area contributed by atoms with Gasteiger partial charge < -0.3 is 24.1 Å². The molecule has 0 fully saturated rings. The highest BCUT2D eigenvalue weighted by Gasteiger charge is 2.24. The molecule has 2 heterocycles. The van der Waals surface area contributed by atoms with E-state index in [1.807, 2.05) is 0 Å². The number of aliphatic hydroxyl groups is 1. The Bertz CT molecular complexity index is 1550. The van der Waals surface area contributed by atoms with Crippen LogP contribution in [0, 0.1) is 19.7 Å². The fourth-order valence-electron chi connectivity index (χ4n) is 4.57. The Kier molecular flexibility index (Phi) is 6.26. The first kappa shape index (κ1) is 25.2. The molecule has 0 aliphatic rings. The number of carbonyl (C=O) groups is 1. The molecule has 7 nitrogen and oxygen atoms in total. The highest BCUT2D eigenvalue weighted by Crippen LogP contribution is 2.41. The molecule has 2 N–H and O–H groups in total. The van der Waals surface area contributed by atoms with Gasteiger partial charge in [-0.25, -0.2) is 9.18 Å². The number of hydrogen-bond acceptors (Lipinski definition) is 4. The fourth-order valence-corrected chi connectivity index (χ4v) is 4.57. The maximum atomic E-state index is 13.9. The summed E-state index contributed by atoms with van der Waals surface area (Å²) in [6.45, 7) is 8.90. The number of aromatic nitrogens is 2. The Hall–Kier alpha value is -3.91. The molecular formula is C28H29FN2O5. The summed E-state index contributed by atoms with van der Waals surface area (Å²) < 4.78 is 23.1. The second-order valence-electron chi connectivity index (χ2n) is 9.54. The number of ether oxygens (including phenoxy) is 1. The summed E-state index contributed by atoms with van der Waals surface area (Å²) in [7, 11) is 1.60. The molecule has 188 valence electrons. The molecule has 0 spiro atoms. The molecule has 36 heavy (non-hydrogen) atoms. The zero-order valence-corrected chi connectivity index (χ0v) is 21.1. The van der Waals surface area contributed by atoms with Crippen LogP contribution >= 0.6 is 0 Å². The maximum Gasteiger partial charge on any atom is 0.352 e. The van der Waals surface area contributed by atoms with Gasteiger partial charge in [-0.15, -0.1) is 0 Å². The van der Waals surface area contributed by atoms with E-state index in [1.165, 1.54) is 27.3 Å². The molecular weight excluding hydrogens is 463 g/mol. The first-order valence-electron chi connectivity index (χ1n) is 11.6.